The smallest absolute Gasteiger partial charge is 0.309 e. The summed E-state index contributed by atoms with van der Waals surface area (Å²) in [6.45, 7) is 23.4. The van der Waals surface area contributed by atoms with Gasteiger partial charge in [-0.15, -0.1) is 5.10 Å². The zero-order chi connectivity index (χ0) is 45.3. The van der Waals surface area contributed by atoms with E-state index in [2.05, 4.69) is 58.4 Å². The standard InChI is InChI=1S/C47H69N3O12/c1-25(2)31-14-19-47(42(55)56)21-20-45(10)32(37(31)47)12-13-35-44(9)17-16-36(43(7,8)34(44)15-18-46(35,45)11)58-23-30-22-50(49-48-30)41-40(61-29(6)54)39(60-28(5)53)38(59-27(4)52)33(62-41)24-57-26(3)51/h22,31-41H,1,12-21,23-24H2,2-11H3,(H,55,56)/t31-,32+,33+,34-,35+,36-,37+,38-,39-,40+,41?,44-,45+,46+,47-/m0/s1. The molecule has 6 aliphatic rings. The van der Waals surface area contributed by atoms with Crippen molar-refractivity contribution in [2.45, 2.75) is 177 Å². The molecule has 1 aliphatic heterocycles. The van der Waals surface area contributed by atoms with Gasteiger partial charge >= 0.3 is 29.8 Å². The highest BCUT2D eigenvalue weighted by atomic mass is 16.7. The molecule has 15 heteroatoms. The lowest BCUT2D eigenvalue weighted by Gasteiger charge is -2.72. The Balaban J connectivity index is 1.08. The minimum absolute atomic E-state index is 0.0471. The first-order valence-electron chi connectivity index (χ1n) is 22.7. The van der Waals surface area contributed by atoms with E-state index in [9.17, 15) is 29.1 Å². The van der Waals surface area contributed by atoms with Crippen LogP contribution in [-0.4, -0.2) is 87.1 Å². The van der Waals surface area contributed by atoms with Crippen LogP contribution in [0.1, 0.15) is 145 Å². The Labute approximate surface area is 365 Å². The van der Waals surface area contributed by atoms with Crippen LogP contribution in [-0.2, 0) is 59.0 Å². The molecule has 5 saturated carbocycles. The van der Waals surface area contributed by atoms with Gasteiger partial charge in [0.1, 0.15) is 18.4 Å². The summed E-state index contributed by atoms with van der Waals surface area (Å²) in [7, 11) is 0. The molecule has 1 aromatic rings. The lowest BCUT2D eigenvalue weighted by atomic mass is 9.32. The Morgan fingerprint density at radius 2 is 1.44 bits per heavy atom. The number of fused-ring (bicyclic) bond motifs is 7. The van der Waals surface area contributed by atoms with E-state index in [-0.39, 0.29) is 52.8 Å². The molecule has 15 atom stereocenters. The topological polar surface area (TPSA) is 192 Å². The van der Waals surface area contributed by atoms with Crippen molar-refractivity contribution in [3.63, 3.8) is 0 Å². The van der Waals surface area contributed by atoms with Gasteiger partial charge in [-0.2, -0.15) is 0 Å². The predicted molar refractivity (Wildman–Crippen MR) is 222 cm³/mol. The number of aliphatic carboxylic acids is 1. The van der Waals surface area contributed by atoms with Gasteiger partial charge in [-0.25, -0.2) is 4.68 Å². The van der Waals surface area contributed by atoms with Gasteiger partial charge in [-0.1, -0.05) is 52.0 Å². The zero-order valence-corrected chi connectivity index (χ0v) is 38.4. The largest absolute Gasteiger partial charge is 0.481 e. The number of esters is 4. The summed E-state index contributed by atoms with van der Waals surface area (Å²) in [5, 5.41) is 19.5. The van der Waals surface area contributed by atoms with Crippen LogP contribution >= 0.6 is 0 Å². The second-order valence-corrected chi connectivity index (χ2v) is 21.1. The van der Waals surface area contributed by atoms with Gasteiger partial charge in [0.25, 0.3) is 0 Å². The molecule has 0 radical (unpaired) electrons. The summed E-state index contributed by atoms with van der Waals surface area (Å²) in [5.41, 5.74) is 1.07. The summed E-state index contributed by atoms with van der Waals surface area (Å²) in [4.78, 5) is 61.9. The molecule has 344 valence electrons. The fourth-order valence-corrected chi connectivity index (χ4v) is 14.9. The molecule has 0 bridgehead atoms. The summed E-state index contributed by atoms with van der Waals surface area (Å²) in [6.07, 6.45) is 5.00. The number of carbonyl (C=O) groups is 5. The highest BCUT2D eigenvalue weighted by molar-refractivity contribution is 5.76. The molecular formula is C47H69N3O12. The van der Waals surface area contributed by atoms with Crippen molar-refractivity contribution in [2.24, 2.45) is 56.7 Å². The van der Waals surface area contributed by atoms with Crippen LogP contribution in [0.4, 0.5) is 0 Å². The summed E-state index contributed by atoms with van der Waals surface area (Å²) in [5.74, 6) is -1.64. The Morgan fingerprint density at radius 1 is 0.774 bits per heavy atom. The van der Waals surface area contributed by atoms with Crippen molar-refractivity contribution >= 4 is 29.8 Å². The van der Waals surface area contributed by atoms with Crippen molar-refractivity contribution in [3.05, 3.63) is 24.0 Å². The average molecular weight is 868 g/mol. The third-order valence-corrected chi connectivity index (χ3v) is 17.6. The van der Waals surface area contributed by atoms with Crippen LogP contribution in [0.5, 0.6) is 0 Å². The first-order chi connectivity index (χ1) is 29.0. The van der Waals surface area contributed by atoms with E-state index >= 15 is 0 Å². The average Bonchev–Trinajstić information content (AvgIpc) is 3.81. The van der Waals surface area contributed by atoms with Crippen LogP contribution in [0.3, 0.4) is 0 Å². The second-order valence-electron chi connectivity index (χ2n) is 21.1. The van der Waals surface area contributed by atoms with Crippen molar-refractivity contribution in [2.75, 3.05) is 6.61 Å². The quantitative estimate of drug-likeness (QED) is 0.134. The first-order valence-corrected chi connectivity index (χ1v) is 22.7. The van der Waals surface area contributed by atoms with Crippen LogP contribution < -0.4 is 0 Å². The number of ether oxygens (including phenoxy) is 6. The van der Waals surface area contributed by atoms with Crippen LogP contribution in [0, 0.1) is 56.7 Å². The van der Waals surface area contributed by atoms with Gasteiger partial charge in [0.05, 0.1) is 24.3 Å². The molecule has 2 heterocycles. The van der Waals surface area contributed by atoms with E-state index in [1.54, 1.807) is 6.20 Å². The van der Waals surface area contributed by atoms with Gasteiger partial charge in [0, 0.05) is 27.7 Å². The molecule has 62 heavy (non-hydrogen) atoms. The number of carboxylic acid groups (broad SMARTS) is 1. The van der Waals surface area contributed by atoms with Crippen molar-refractivity contribution in [1.82, 2.24) is 15.0 Å². The minimum Gasteiger partial charge on any atom is -0.481 e. The van der Waals surface area contributed by atoms with Crippen molar-refractivity contribution in [1.29, 1.82) is 0 Å². The van der Waals surface area contributed by atoms with E-state index in [1.807, 2.05) is 0 Å². The fraction of sp³-hybridized carbons (Fsp3) is 0.809. The Morgan fingerprint density at radius 3 is 2.06 bits per heavy atom. The predicted octanol–water partition coefficient (Wildman–Crippen LogP) is 7.16. The Kier molecular flexibility index (Phi) is 12.4. The number of allylic oxidation sites excluding steroid dienone is 1. The maximum absolute atomic E-state index is 13.1. The maximum Gasteiger partial charge on any atom is 0.309 e. The Hall–Kier alpha value is -3.85. The summed E-state index contributed by atoms with van der Waals surface area (Å²) >= 11 is 0. The SMILES string of the molecule is C=C(C)[C@@H]1CC[C@]2(C(=O)O)CC[C@]3(C)[C@H](CC[C@@H]4[C@@]5(C)CC[C@H](OCc6cn(C7O[C@H](COC(C)=O)[C@H](OC(C)=O)[C@H](OC(C)=O)[C@H]7OC(C)=O)nn6)C(C)(C)[C@@H]5CC[C@]43C)[C@@H]12. The molecule has 6 fully saturated rings. The molecule has 0 spiro atoms. The molecule has 0 aromatic carbocycles. The molecule has 1 aromatic heterocycles. The normalized spacial score (nSPS) is 41.9. The van der Waals surface area contributed by atoms with E-state index in [4.69, 9.17) is 28.4 Å². The number of nitrogens with zero attached hydrogens (tertiary/aromatic N) is 3. The lowest BCUT2D eigenvalue weighted by Crippen LogP contribution is -2.67. The van der Waals surface area contributed by atoms with Gasteiger partial charge in [0.2, 0.25) is 0 Å². The molecule has 0 amide bonds. The van der Waals surface area contributed by atoms with Crippen LogP contribution in [0.2, 0.25) is 0 Å². The molecule has 1 saturated heterocycles. The molecule has 1 N–H and O–H groups in total. The van der Waals surface area contributed by atoms with E-state index in [0.717, 1.165) is 69.8 Å². The maximum atomic E-state index is 13.1. The molecule has 15 nitrogen and oxygen atoms in total. The third-order valence-electron chi connectivity index (χ3n) is 17.6. The Bertz CT molecular complexity index is 1950. The molecule has 1 unspecified atom stereocenters. The van der Waals surface area contributed by atoms with E-state index in [0.29, 0.717) is 23.4 Å². The molecular weight excluding hydrogens is 799 g/mol. The summed E-state index contributed by atoms with van der Waals surface area (Å²) in [6, 6.07) is 0. The van der Waals surface area contributed by atoms with Crippen molar-refractivity contribution < 1.29 is 57.5 Å². The monoisotopic (exact) mass is 867 g/mol. The van der Waals surface area contributed by atoms with Gasteiger partial charge < -0.3 is 33.5 Å². The lowest BCUT2D eigenvalue weighted by molar-refractivity contribution is -0.270. The number of hydrogen-bond donors (Lipinski definition) is 1. The minimum atomic E-state index is -1.33. The number of aromatic nitrogens is 3. The number of carboxylic acids is 1. The third kappa shape index (κ3) is 7.58. The van der Waals surface area contributed by atoms with E-state index < -0.39 is 65.9 Å². The van der Waals surface area contributed by atoms with Gasteiger partial charge in [0.15, 0.2) is 24.5 Å². The number of hydrogen-bond acceptors (Lipinski definition) is 13. The molecule has 7 rings (SSSR count). The fourth-order valence-electron chi connectivity index (χ4n) is 14.9. The first kappa shape index (κ1) is 46.2. The summed E-state index contributed by atoms with van der Waals surface area (Å²) < 4.78 is 36.4. The highest BCUT2D eigenvalue weighted by Crippen LogP contribution is 2.77. The second kappa shape index (κ2) is 16.6. The van der Waals surface area contributed by atoms with Gasteiger partial charge in [-0.3, -0.25) is 24.0 Å². The number of carbonyl (C=O) groups excluding carboxylic acids is 4. The van der Waals surface area contributed by atoms with Crippen LogP contribution in [0.25, 0.3) is 0 Å². The van der Waals surface area contributed by atoms with Gasteiger partial charge in [-0.05, 0) is 122 Å². The highest BCUT2D eigenvalue weighted by Gasteiger charge is 2.72. The molecule has 5 aliphatic carbocycles. The van der Waals surface area contributed by atoms with Crippen molar-refractivity contribution in [3.8, 4) is 0 Å². The zero-order valence-electron chi connectivity index (χ0n) is 38.4. The van der Waals surface area contributed by atoms with E-state index in [1.165, 1.54) is 32.4 Å². The van der Waals surface area contributed by atoms with Crippen LogP contribution in [0.15, 0.2) is 18.3 Å². The number of rotatable bonds is 11.